The molecule has 0 saturated heterocycles. The Morgan fingerprint density at radius 1 is 1.12 bits per heavy atom. The molecular weight excluding hydrogens is 425 g/mol. The average Bonchev–Trinajstić information content (AvgIpc) is 2.97. The van der Waals surface area contributed by atoms with Crippen LogP contribution in [0.25, 0.3) is 0 Å². The van der Waals surface area contributed by atoms with Gasteiger partial charge in [-0.15, -0.1) is 0 Å². The third-order valence-corrected chi connectivity index (χ3v) is 6.27. The Morgan fingerprint density at radius 2 is 1.94 bits per heavy atom. The molecule has 2 aliphatic rings. The number of carbonyl (C=O) groups excluding carboxylic acids is 1. The summed E-state index contributed by atoms with van der Waals surface area (Å²) in [6.45, 7) is 2.90. The number of carbonyl (C=O) groups is 1. The molecule has 2 aromatic carbocycles. The van der Waals surface area contributed by atoms with E-state index in [1.165, 1.54) is 18.2 Å². The molecule has 3 aromatic rings. The molecule has 1 atom stereocenters. The molecule has 1 aromatic heterocycles. The van der Waals surface area contributed by atoms with Gasteiger partial charge in [-0.25, -0.2) is 4.39 Å². The number of methoxy groups -OCH3 is 1. The van der Waals surface area contributed by atoms with E-state index in [1.807, 2.05) is 29.3 Å². The lowest BCUT2D eigenvalue weighted by Gasteiger charge is -2.44. The predicted molar refractivity (Wildman–Crippen MR) is 120 cm³/mol. The molecule has 170 valence electrons. The number of aromatic nitrogens is 1. The first-order chi connectivity index (χ1) is 16.0. The fraction of sp³-hybridized carbons (Fsp3) is 0.280. The summed E-state index contributed by atoms with van der Waals surface area (Å²) in [5.41, 5.74) is 2.92. The van der Waals surface area contributed by atoms with Crippen molar-refractivity contribution in [1.82, 2.24) is 9.58 Å². The zero-order valence-corrected chi connectivity index (χ0v) is 18.5. The quantitative estimate of drug-likeness (QED) is 0.613. The zero-order chi connectivity index (χ0) is 23.1. The van der Waals surface area contributed by atoms with Crippen LogP contribution in [-0.2, 0) is 11.3 Å². The van der Waals surface area contributed by atoms with Crippen LogP contribution in [0, 0.1) is 12.7 Å². The molecule has 1 amide bonds. The van der Waals surface area contributed by atoms with Crippen LogP contribution in [0.1, 0.15) is 38.8 Å². The number of ether oxygens (including phenoxy) is 2. The number of fused-ring (bicyclic) bond motifs is 3. The van der Waals surface area contributed by atoms with Gasteiger partial charge in [-0.3, -0.25) is 19.3 Å². The van der Waals surface area contributed by atoms with E-state index in [0.717, 1.165) is 16.7 Å². The average molecular weight is 449 g/mol. The molecule has 7 nitrogen and oxygen atoms in total. The second-order valence-corrected chi connectivity index (χ2v) is 8.21. The summed E-state index contributed by atoms with van der Waals surface area (Å²) in [6.07, 6.45) is 1.61. The van der Waals surface area contributed by atoms with Crippen molar-refractivity contribution in [2.75, 3.05) is 31.9 Å². The molecule has 0 bridgehead atoms. The summed E-state index contributed by atoms with van der Waals surface area (Å²) in [7, 11) is 1.58. The fourth-order valence-corrected chi connectivity index (χ4v) is 4.57. The van der Waals surface area contributed by atoms with Gasteiger partial charge in [0.15, 0.2) is 5.43 Å². The van der Waals surface area contributed by atoms with E-state index in [-0.39, 0.29) is 23.8 Å². The van der Waals surface area contributed by atoms with Gasteiger partial charge < -0.3 is 14.4 Å². The van der Waals surface area contributed by atoms with Crippen molar-refractivity contribution < 1.29 is 18.7 Å². The first-order valence-corrected chi connectivity index (χ1v) is 10.8. The standard InChI is InChI=1S/C25H24FN3O4/c1-16-21(30)9-10-28-23(16)25(31)27(11-12-32-2)15-29(28)24-19-5-3-4-6-22(19)33-14-17-7-8-18(26)13-20(17)24/h3-10,13,24H,11-12,14-15H2,1-2H3. The van der Waals surface area contributed by atoms with Crippen LogP contribution in [0.2, 0.25) is 0 Å². The number of hydrogen-bond acceptors (Lipinski definition) is 5. The molecule has 1 unspecified atom stereocenters. The maximum absolute atomic E-state index is 14.5. The van der Waals surface area contributed by atoms with Crippen LogP contribution in [0.3, 0.4) is 0 Å². The Morgan fingerprint density at radius 3 is 2.76 bits per heavy atom. The van der Waals surface area contributed by atoms with Crippen LogP contribution >= 0.6 is 0 Å². The molecule has 0 spiro atoms. The van der Waals surface area contributed by atoms with E-state index in [9.17, 15) is 14.0 Å². The summed E-state index contributed by atoms with van der Waals surface area (Å²) >= 11 is 0. The fourth-order valence-electron chi connectivity index (χ4n) is 4.57. The Bertz CT molecular complexity index is 1290. The number of nitrogens with zero attached hydrogens (tertiary/aromatic N) is 3. The van der Waals surface area contributed by atoms with Crippen molar-refractivity contribution in [2.24, 2.45) is 0 Å². The molecule has 8 heteroatoms. The van der Waals surface area contributed by atoms with Crippen LogP contribution in [-0.4, -0.2) is 42.4 Å². The highest BCUT2D eigenvalue weighted by molar-refractivity contribution is 5.95. The summed E-state index contributed by atoms with van der Waals surface area (Å²) in [4.78, 5) is 27.4. The minimum Gasteiger partial charge on any atom is -0.489 e. The van der Waals surface area contributed by atoms with Crippen molar-refractivity contribution in [2.45, 2.75) is 19.6 Å². The maximum Gasteiger partial charge on any atom is 0.274 e. The molecule has 0 aliphatic carbocycles. The lowest BCUT2D eigenvalue weighted by Crippen LogP contribution is -2.56. The third-order valence-electron chi connectivity index (χ3n) is 6.27. The first-order valence-electron chi connectivity index (χ1n) is 10.8. The largest absolute Gasteiger partial charge is 0.489 e. The Balaban J connectivity index is 1.75. The topological polar surface area (TPSA) is 64.0 Å². The monoisotopic (exact) mass is 449 g/mol. The highest BCUT2D eigenvalue weighted by Gasteiger charge is 2.38. The van der Waals surface area contributed by atoms with E-state index >= 15 is 0 Å². The maximum atomic E-state index is 14.5. The van der Waals surface area contributed by atoms with Crippen molar-refractivity contribution in [3.63, 3.8) is 0 Å². The van der Waals surface area contributed by atoms with Crippen LogP contribution in [0.5, 0.6) is 5.75 Å². The molecule has 33 heavy (non-hydrogen) atoms. The van der Waals surface area contributed by atoms with E-state index in [1.54, 1.807) is 35.9 Å². The van der Waals surface area contributed by atoms with Gasteiger partial charge >= 0.3 is 0 Å². The number of pyridine rings is 1. The number of hydrogen-bond donors (Lipinski definition) is 0. The van der Waals surface area contributed by atoms with Gasteiger partial charge in [0.25, 0.3) is 5.91 Å². The SMILES string of the molecule is COCCN1CN(C2c3cc(F)ccc3COc3ccccc32)n2ccc(=O)c(C)c2C1=O. The number of benzene rings is 2. The highest BCUT2D eigenvalue weighted by atomic mass is 19.1. The molecule has 0 radical (unpaired) electrons. The van der Waals surface area contributed by atoms with Crippen molar-refractivity contribution in [3.05, 3.63) is 98.7 Å². The molecule has 0 saturated carbocycles. The minimum atomic E-state index is -0.451. The Hall–Kier alpha value is -3.65. The van der Waals surface area contributed by atoms with Crippen molar-refractivity contribution >= 4 is 5.91 Å². The molecule has 0 N–H and O–H groups in total. The second kappa shape index (κ2) is 8.37. The number of amides is 1. The smallest absolute Gasteiger partial charge is 0.274 e. The van der Waals surface area contributed by atoms with Gasteiger partial charge in [0.1, 0.15) is 36.6 Å². The van der Waals surface area contributed by atoms with E-state index in [0.29, 0.717) is 36.8 Å². The van der Waals surface area contributed by atoms with Gasteiger partial charge in [-0.2, -0.15) is 0 Å². The van der Waals surface area contributed by atoms with Gasteiger partial charge in [-0.1, -0.05) is 24.3 Å². The summed E-state index contributed by atoms with van der Waals surface area (Å²) in [6, 6.07) is 13.3. The van der Waals surface area contributed by atoms with Gasteiger partial charge in [0.05, 0.1) is 6.61 Å². The molecule has 5 rings (SSSR count). The molecular formula is C25H24FN3O4. The van der Waals surface area contributed by atoms with E-state index in [2.05, 4.69) is 0 Å². The normalized spacial score (nSPS) is 17.1. The van der Waals surface area contributed by atoms with Crippen LogP contribution in [0.15, 0.2) is 59.5 Å². The number of halogens is 1. The van der Waals surface area contributed by atoms with Gasteiger partial charge in [-0.05, 0) is 36.2 Å². The second-order valence-electron chi connectivity index (χ2n) is 8.21. The first kappa shape index (κ1) is 21.2. The third kappa shape index (κ3) is 3.56. The number of para-hydroxylation sites is 1. The highest BCUT2D eigenvalue weighted by Crippen LogP contribution is 2.40. The van der Waals surface area contributed by atoms with Crippen LogP contribution < -0.4 is 15.2 Å². The minimum absolute atomic E-state index is 0.209. The van der Waals surface area contributed by atoms with Gasteiger partial charge in [0, 0.05) is 37.0 Å². The van der Waals surface area contributed by atoms with E-state index in [4.69, 9.17) is 9.47 Å². The van der Waals surface area contributed by atoms with Gasteiger partial charge in [0.2, 0.25) is 0 Å². The Labute approximate surface area is 190 Å². The lowest BCUT2D eigenvalue weighted by molar-refractivity contribution is 0.0618. The molecule has 0 fully saturated rings. The lowest BCUT2D eigenvalue weighted by atomic mass is 9.94. The van der Waals surface area contributed by atoms with E-state index < -0.39 is 6.04 Å². The molecule has 3 heterocycles. The molecule has 2 aliphatic heterocycles. The number of rotatable bonds is 4. The Kier molecular flexibility index (Phi) is 5.38. The zero-order valence-electron chi connectivity index (χ0n) is 18.5. The van der Waals surface area contributed by atoms with Crippen LogP contribution in [0.4, 0.5) is 4.39 Å². The van der Waals surface area contributed by atoms with Crippen molar-refractivity contribution in [3.8, 4) is 5.75 Å². The summed E-state index contributed by atoms with van der Waals surface area (Å²) in [5, 5.41) is 1.98. The summed E-state index contributed by atoms with van der Waals surface area (Å²) in [5.74, 6) is 0.105. The summed E-state index contributed by atoms with van der Waals surface area (Å²) < 4.78 is 27.5. The predicted octanol–water partition coefficient (Wildman–Crippen LogP) is 2.98. The van der Waals surface area contributed by atoms with Crippen molar-refractivity contribution in [1.29, 1.82) is 0 Å².